The van der Waals surface area contributed by atoms with Crippen molar-refractivity contribution in [3.63, 3.8) is 0 Å². The normalized spacial score (nSPS) is 30.3. The van der Waals surface area contributed by atoms with Crippen molar-refractivity contribution in [2.45, 2.75) is 43.2 Å². The van der Waals surface area contributed by atoms with Crippen molar-refractivity contribution < 1.29 is 24.2 Å². The predicted molar refractivity (Wildman–Crippen MR) is 165 cm³/mol. The van der Waals surface area contributed by atoms with E-state index in [4.69, 9.17) is 4.74 Å². The van der Waals surface area contributed by atoms with Crippen molar-refractivity contribution in [1.82, 2.24) is 4.90 Å². The number of carbonyl (C=O) groups excluding carboxylic acids is 3. The molecule has 8 nitrogen and oxygen atoms in total. The molecule has 1 spiro atoms. The summed E-state index contributed by atoms with van der Waals surface area (Å²) in [6, 6.07) is 12.6. The van der Waals surface area contributed by atoms with E-state index < -0.39 is 27.4 Å². The molecule has 2 saturated heterocycles. The summed E-state index contributed by atoms with van der Waals surface area (Å²) in [5, 5.41) is 10.0. The topological polar surface area (TPSA) is 90.4 Å². The zero-order valence-corrected chi connectivity index (χ0v) is 25.3. The van der Waals surface area contributed by atoms with E-state index >= 15 is 0 Å². The van der Waals surface area contributed by atoms with Gasteiger partial charge in [0.05, 0.1) is 29.8 Å². The minimum absolute atomic E-state index is 0.0264. The number of nitrogens with zero attached hydrogens (tertiary/aromatic N) is 3. The Morgan fingerprint density at radius 3 is 2.36 bits per heavy atom. The summed E-state index contributed by atoms with van der Waals surface area (Å²) in [5.41, 5.74) is 3.54. The molecule has 2 fully saturated rings. The molecule has 0 aliphatic carbocycles. The van der Waals surface area contributed by atoms with Gasteiger partial charge in [-0.1, -0.05) is 36.4 Å². The summed E-state index contributed by atoms with van der Waals surface area (Å²) in [4.78, 5) is 48.4. The number of ether oxygens (including phenoxy) is 1. The van der Waals surface area contributed by atoms with Crippen molar-refractivity contribution >= 4 is 40.9 Å². The third-order valence-electron chi connectivity index (χ3n) is 9.01. The first-order chi connectivity index (χ1) is 20.1. The van der Waals surface area contributed by atoms with Crippen LogP contribution in [0, 0.1) is 25.7 Å². The van der Waals surface area contributed by atoms with Gasteiger partial charge < -0.3 is 24.5 Å². The van der Waals surface area contributed by atoms with Crippen LogP contribution in [0.5, 0.6) is 5.75 Å². The molecule has 1 N–H and O–H groups in total. The number of aliphatic hydroxyl groups is 1. The standard InChI is InChI=1S/C33H37N3O5S/c1-5-41-24-12-10-23(11-13-24)34-16-6-14-32(4)26(29(34)38)27-30(39)36(18-19-37)28-31(40)35(17-7-15-33(27,28)42-32)25-20-21(2)8-9-22(25)3/h6-15,20,26-28,37H,5,16-19H2,1-4H3/t26-,27+,28?,32+,33+/m1/s1. The Labute approximate surface area is 251 Å². The van der Waals surface area contributed by atoms with Crippen LogP contribution in [-0.4, -0.2) is 76.1 Å². The van der Waals surface area contributed by atoms with E-state index in [1.165, 1.54) is 4.90 Å². The maximum absolute atomic E-state index is 14.6. The molecule has 0 bridgehead atoms. The number of likely N-dealkylation sites (tertiary alicyclic amines) is 1. The van der Waals surface area contributed by atoms with Gasteiger partial charge in [0.1, 0.15) is 11.8 Å². The van der Waals surface area contributed by atoms with Crippen molar-refractivity contribution in [3.8, 4) is 5.75 Å². The quantitative estimate of drug-likeness (QED) is 0.516. The number of aliphatic hydroxyl groups excluding tert-OH is 1. The molecule has 4 aliphatic rings. The van der Waals surface area contributed by atoms with Crippen LogP contribution in [0.2, 0.25) is 0 Å². The van der Waals surface area contributed by atoms with E-state index in [1.807, 2.05) is 94.5 Å². The van der Waals surface area contributed by atoms with Gasteiger partial charge in [-0.2, -0.15) is 0 Å². The molecule has 0 saturated carbocycles. The highest BCUT2D eigenvalue weighted by molar-refractivity contribution is 8.02. The fourth-order valence-electron chi connectivity index (χ4n) is 7.22. The molecular weight excluding hydrogens is 550 g/mol. The molecule has 4 heterocycles. The lowest BCUT2D eigenvalue weighted by Crippen LogP contribution is -2.54. The number of thioether (sulfide) groups is 1. The number of hydrogen-bond donors (Lipinski definition) is 1. The van der Waals surface area contributed by atoms with E-state index in [1.54, 1.807) is 21.6 Å². The van der Waals surface area contributed by atoms with Crippen LogP contribution in [0.15, 0.2) is 66.8 Å². The van der Waals surface area contributed by atoms with Gasteiger partial charge in [0.15, 0.2) is 0 Å². The molecule has 9 heteroatoms. The van der Waals surface area contributed by atoms with E-state index in [2.05, 4.69) is 0 Å². The third-order valence-corrected chi connectivity index (χ3v) is 10.8. The number of anilines is 2. The number of benzene rings is 2. The summed E-state index contributed by atoms with van der Waals surface area (Å²) < 4.78 is 3.92. The molecular formula is C33H37N3O5S. The number of amides is 3. The van der Waals surface area contributed by atoms with E-state index in [-0.39, 0.29) is 30.9 Å². The molecule has 0 aromatic heterocycles. The van der Waals surface area contributed by atoms with Gasteiger partial charge in [-0.3, -0.25) is 14.4 Å². The van der Waals surface area contributed by atoms with Gasteiger partial charge in [-0.05, 0) is 69.2 Å². The number of hydrogen-bond acceptors (Lipinski definition) is 6. The van der Waals surface area contributed by atoms with Crippen LogP contribution < -0.4 is 14.5 Å². The van der Waals surface area contributed by atoms with Crippen LogP contribution in [0.4, 0.5) is 11.4 Å². The number of rotatable bonds is 6. The van der Waals surface area contributed by atoms with E-state index in [9.17, 15) is 19.5 Å². The minimum Gasteiger partial charge on any atom is -0.494 e. The summed E-state index contributed by atoms with van der Waals surface area (Å²) in [6.45, 7) is 8.94. The summed E-state index contributed by atoms with van der Waals surface area (Å²) in [7, 11) is 0. The molecule has 220 valence electrons. The van der Waals surface area contributed by atoms with Gasteiger partial charge in [0.2, 0.25) is 11.8 Å². The Morgan fingerprint density at radius 2 is 1.64 bits per heavy atom. The van der Waals surface area contributed by atoms with Crippen molar-refractivity contribution in [2.24, 2.45) is 11.8 Å². The number of aryl methyl sites for hydroxylation is 2. The van der Waals surface area contributed by atoms with Gasteiger partial charge in [0.25, 0.3) is 5.91 Å². The van der Waals surface area contributed by atoms with Gasteiger partial charge >= 0.3 is 0 Å². The van der Waals surface area contributed by atoms with Crippen molar-refractivity contribution in [3.05, 3.63) is 77.9 Å². The van der Waals surface area contributed by atoms with Crippen LogP contribution in [0.1, 0.15) is 25.0 Å². The van der Waals surface area contributed by atoms with Crippen LogP contribution in [-0.2, 0) is 14.4 Å². The Bertz CT molecular complexity index is 1490. The Morgan fingerprint density at radius 1 is 0.929 bits per heavy atom. The molecule has 5 atom stereocenters. The summed E-state index contributed by atoms with van der Waals surface area (Å²) in [5.74, 6) is -1.32. The lowest BCUT2D eigenvalue weighted by atomic mass is 9.74. The second kappa shape index (κ2) is 10.6. The molecule has 4 aliphatic heterocycles. The number of fused-ring (bicyclic) bond motifs is 2. The van der Waals surface area contributed by atoms with Gasteiger partial charge in [0, 0.05) is 35.8 Å². The third kappa shape index (κ3) is 4.28. The van der Waals surface area contributed by atoms with Crippen molar-refractivity contribution in [1.29, 1.82) is 0 Å². The molecule has 2 aromatic rings. The molecule has 2 aromatic carbocycles. The van der Waals surface area contributed by atoms with Gasteiger partial charge in [-0.15, -0.1) is 11.8 Å². The fourth-order valence-corrected chi connectivity index (χ4v) is 9.37. The lowest BCUT2D eigenvalue weighted by Gasteiger charge is -2.37. The monoisotopic (exact) mass is 587 g/mol. The predicted octanol–water partition coefficient (Wildman–Crippen LogP) is 3.89. The van der Waals surface area contributed by atoms with E-state index in [0.717, 1.165) is 28.3 Å². The summed E-state index contributed by atoms with van der Waals surface area (Å²) in [6.07, 6.45) is 8.03. The van der Waals surface area contributed by atoms with Crippen molar-refractivity contribution in [2.75, 3.05) is 42.6 Å². The maximum Gasteiger partial charge on any atom is 0.251 e. The fraction of sp³-hybridized carbons (Fsp3) is 0.424. The highest BCUT2D eigenvalue weighted by Crippen LogP contribution is 2.65. The van der Waals surface area contributed by atoms with Crippen LogP contribution >= 0.6 is 11.8 Å². The Kier molecular flexibility index (Phi) is 7.22. The molecule has 3 amide bonds. The summed E-state index contributed by atoms with van der Waals surface area (Å²) >= 11 is 1.54. The second-order valence-electron chi connectivity index (χ2n) is 11.7. The zero-order valence-electron chi connectivity index (χ0n) is 24.4. The average molecular weight is 588 g/mol. The molecule has 6 rings (SSSR count). The number of carbonyl (C=O) groups is 3. The first-order valence-corrected chi connectivity index (χ1v) is 15.4. The highest BCUT2D eigenvalue weighted by atomic mass is 32.2. The SMILES string of the molecule is CCOc1ccc(N2CC=C[C@]3(C)S[C@]45C=CCN(c6cc(C)ccc6C)C(=O)C4N(CCO)C(=O)[C@@H]5[C@@H]3C2=O)cc1. The van der Waals surface area contributed by atoms with Crippen LogP contribution in [0.25, 0.3) is 0 Å². The zero-order chi connectivity index (χ0) is 29.8. The molecule has 1 unspecified atom stereocenters. The largest absolute Gasteiger partial charge is 0.494 e. The van der Waals surface area contributed by atoms with Gasteiger partial charge in [-0.25, -0.2) is 0 Å². The maximum atomic E-state index is 14.6. The average Bonchev–Trinajstić information content (AvgIpc) is 3.22. The van der Waals surface area contributed by atoms with Crippen LogP contribution in [0.3, 0.4) is 0 Å². The highest BCUT2D eigenvalue weighted by Gasteiger charge is 2.74. The first-order valence-electron chi connectivity index (χ1n) is 14.5. The molecule has 0 radical (unpaired) electrons. The Balaban J connectivity index is 1.43. The lowest BCUT2D eigenvalue weighted by molar-refractivity contribution is -0.139. The minimum atomic E-state index is -0.961. The Hall–Kier alpha value is -3.56. The number of β-amino-alcohol motifs (C(OH)–C–C–N with tert-alkyl or cyclic N) is 1. The first kappa shape index (κ1) is 28.6. The van der Waals surface area contributed by atoms with E-state index in [0.29, 0.717) is 19.7 Å². The molecule has 42 heavy (non-hydrogen) atoms. The smallest absolute Gasteiger partial charge is 0.251 e. The second-order valence-corrected chi connectivity index (χ2v) is 13.5.